The number of hydrogen-bond acceptors (Lipinski definition) is 3. The van der Waals surface area contributed by atoms with Crippen molar-refractivity contribution in [3.05, 3.63) is 0 Å². The third-order valence-corrected chi connectivity index (χ3v) is 3.64. The first-order valence-corrected chi connectivity index (χ1v) is 8.60. The lowest BCUT2D eigenvalue weighted by Gasteiger charge is -2.13. The third-order valence-electron chi connectivity index (χ3n) is 3.38. The van der Waals surface area contributed by atoms with E-state index in [0.717, 1.165) is 63.9 Å². The SMILES string of the molecule is CCCCC(CC)C(=O)OCCOCCCCCCCl. The van der Waals surface area contributed by atoms with Gasteiger partial charge in [-0.3, -0.25) is 4.79 Å². The Morgan fingerprint density at radius 3 is 2.40 bits per heavy atom. The van der Waals surface area contributed by atoms with Crippen LogP contribution in [0.2, 0.25) is 0 Å². The second-order valence-corrected chi connectivity index (χ2v) is 5.51. The molecule has 0 bridgehead atoms. The number of halogens is 1. The number of esters is 1. The minimum absolute atomic E-state index is 0.0607. The lowest BCUT2D eigenvalue weighted by Crippen LogP contribution is -2.19. The van der Waals surface area contributed by atoms with Crippen molar-refractivity contribution in [1.29, 1.82) is 0 Å². The van der Waals surface area contributed by atoms with Crippen LogP contribution in [0, 0.1) is 5.92 Å². The minimum Gasteiger partial charge on any atom is -0.463 e. The maximum Gasteiger partial charge on any atom is 0.308 e. The molecule has 0 aromatic carbocycles. The molecule has 20 heavy (non-hydrogen) atoms. The molecule has 3 nitrogen and oxygen atoms in total. The number of carbonyl (C=O) groups excluding carboxylic acids is 1. The van der Waals surface area contributed by atoms with Crippen LogP contribution in [0.1, 0.15) is 65.2 Å². The van der Waals surface area contributed by atoms with Crippen LogP contribution in [0.25, 0.3) is 0 Å². The van der Waals surface area contributed by atoms with Crippen LogP contribution in [-0.4, -0.2) is 31.7 Å². The molecule has 0 saturated heterocycles. The second kappa shape index (κ2) is 15.1. The summed E-state index contributed by atoms with van der Waals surface area (Å²) in [6.45, 7) is 5.81. The molecule has 0 aromatic heterocycles. The summed E-state index contributed by atoms with van der Waals surface area (Å²) in [7, 11) is 0. The average Bonchev–Trinajstić information content (AvgIpc) is 2.46. The van der Waals surface area contributed by atoms with Crippen LogP contribution in [0.15, 0.2) is 0 Å². The van der Waals surface area contributed by atoms with Crippen LogP contribution >= 0.6 is 11.6 Å². The molecule has 0 spiro atoms. The maximum absolute atomic E-state index is 11.8. The van der Waals surface area contributed by atoms with Gasteiger partial charge in [0.15, 0.2) is 0 Å². The summed E-state index contributed by atoms with van der Waals surface area (Å²) in [5, 5.41) is 0. The van der Waals surface area contributed by atoms with Gasteiger partial charge in [-0.15, -0.1) is 11.6 Å². The first-order valence-electron chi connectivity index (χ1n) is 8.06. The summed E-state index contributed by atoms with van der Waals surface area (Å²) in [4.78, 5) is 11.8. The van der Waals surface area contributed by atoms with Crippen molar-refractivity contribution in [3.63, 3.8) is 0 Å². The van der Waals surface area contributed by atoms with E-state index in [1.54, 1.807) is 0 Å². The van der Waals surface area contributed by atoms with Gasteiger partial charge in [-0.25, -0.2) is 0 Å². The lowest BCUT2D eigenvalue weighted by molar-refractivity contribution is -0.150. The van der Waals surface area contributed by atoms with E-state index in [9.17, 15) is 4.79 Å². The standard InChI is InChI=1S/C16H31ClO3/c1-3-5-10-15(4-2)16(18)20-14-13-19-12-9-7-6-8-11-17/h15H,3-14H2,1-2H3. The molecule has 0 aliphatic carbocycles. The Hall–Kier alpha value is -0.280. The summed E-state index contributed by atoms with van der Waals surface area (Å²) in [5.74, 6) is 0.741. The highest BCUT2D eigenvalue weighted by Gasteiger charge is 2.16. The summed E-state index contributed by atoms with van der Waals surface area (Å²) in [6, 6.07) is 0. The Labute approximate surface area is 129 Å². The monoisotopic (exact) mass is 306 g/mol. The van der Waals surface area contributed by atoms with Crippen LogP contribution < -0.4 is 0 Å². The van der Waals surface area contributed by atoms with Crippen molar-refractivity contribution in [2.45, 2.75) is 65.2 Å². The number of unbranched alkanes of at least 4 members (excludes halogenated alkanes) is 4. The summed E-state index contributed by atoms with van der Waals surface area (Å²) < 4.78 is 10.7. The molecule has 0 saturated carbocycles. The van der Waals surface area contributed by atoms with E-state index in [1.807, 2.05) is 6.92 Å². The van der Waals surface area contributed by atoms with Crippen molar-refractivity contribution >= 4 is 17.6 Å². The number of hydrogen-bond donors (Lipinski definition) is 0. The molecule has 0 aliphatic rings. The van der Waals surface area contributed by atoms with Gasteiger partial charge >= 0.3 is 5.97 Å². The molecule has 0 amide bonds. The smallest absolute Gasteiger partial charge is 0.308 e. The Morgan fingerprint density at radius 1 is 1.00 bits per heavy atom. The van der Waals surface area contributed by atoms with Crippen LogP contribution in [0.5, 0.6) is 0 Å². The molecule has 0 N–H and O–H groups in total. The average molecular weight is 307 g/mol. The van der Waals surface area contributed by atoms with Gasteiger partial charge in [0.25, 0.3) is 0 Å². The minimum atomic E-state index is -0.0633. The zero-order chi connectivity index (χ0) is 15.1. The highest BCUT2D eigenvalue weighted by Crippen LogP contribution is 2.14. The van der Waals surface area contributed by atoms with E-state index in [2.05, 4.69) is 6.92 Å². The number of carbonyl (C=O) groups is 1. The van der Waals surface area contributed by atoms with E-state index in [-0.39, 0.29) is 11.9 Å². The van der Waals surface area contributed by atoms with Gasteiger partial charge in [0.1, 0.15) is 6.61 Å². The number of rotatable bonds is 14. The molecular weight excluding hydrogens is 276 g/mol. The second-order valence-electron chi connectivity index (χ2n) is 5.13. The Kier molecular flexibility index (Phi) is 14.9. The summed E-state index contributed by atoms with van der Waals surface area (Å²) in [6.07, 6.45) is 8.46. The largest absolute Gasteiger partial charge is 0.463 e. The zero-order valence-corrected chi connectivity index (χ0v) is 13.9. The summed E-state index contributed by atoms with van der Waals surface area (Å²) >= 11 is 5.60. The van der Waals surface area contributed by atoms with E-state index < -0.39 is 0 Å². The number of ether oxygens (including phenoxy) is 2. The third kappa shape index (κ3) is 11.5. The molecule has 0 heterocycles. The predicted octanol–water partition coefficient (Wildman–Crippen LogP) is 4.56. The van der Waals surface area contributed by atoms with Crippen LogP contribution in [-0.2, 0) is 14.3 Å². The quantitative estimate of drug-likeness (QED) is 0.268. The molecule has 0 rings (SSSR count). The van der Waals surface area contributed by atoms with Crippen molar-refractivity contribution in [1.82, 2.24) is 0 Å². The molecule has 4 heteroatoms. The van der Waals surface area contributed by atoms with Gasteiger partial charge in [0.2, 0.25) is 0 Å². The van der Waals surface area contributed by atoms with Gasteiger partial charge in [-0.2, -0.15) is 0 Å². The Morgan fingerprint density at radius 2 is 1.75 bits per heavy atom. The van der Waals surface area contributed by atoms with E-state index >= 15 is 0 Å². The van der Waals surface area contributed by atoms with Crippen molar-refractivity contribution in [2.24, 2.45) is 5.92 Å². The fourth-order valence-electron chi connectivity index (χ4n) is 2.01. The fourth-order valence-corrected chi connectivity index (χ4v) is 2.20. The molecule has 0 fully saturated rings. The van der Waals surface area contributed by atoms with Crippen LogP contribution in [0.3, 0.4) is 0 Å². The molecule has 0 radical (unpaired) electrons. The first kappa shape index (κ1) is 19.7. The molecule has 0 aromatic rings. The maximum atomic E-state index is 11.8. The first-order chi connectivity index (χ1) is 9.76. The van der Waals surface area contributed by atoms with Gasteiger partial charge in [-0.1, -0.05) is 39.5 Å². The van der Waals surface area contributed by atoms with Crippen molar-refractivity contribution in [3.8, 4) is 0 Å². The van der Waals surface area contributed by atoms with Crippen molar-refractivity contribution < 1.29 is 14.3 Å². The zero-order valence-electron chi connectivity index (χ0n) is 13.2. The fraction of sp³-hybridized carbons (Fsp3) is 0.938. The number of alkyl halides is 1. The highest BCUT2D eigenvalue weighted by atomic mass is 35.5. The predicted molar refractivity (Wildman–Crippen MR) is 84.3 cm³/mol. The normalized spacial score (nSPS) is 12.3. The highest BCUT2D eigenvalue weighted by molar-refractivity contribution is 6.17. The van der Waals surface area contributed by atoms with E-state index in [0.29, 0.717) is 13.2 Å². The van der Waals surface area contributed by atoms with Crippen LogP contribution in [0.4, 0.5) is 0 Å². The lowest BCUT2D eigenvalue weighted by atomic mass is 10.00. The Bertz CT molecular complexity index is 222. The molecule has 1 unspecified atom stereocenters. The molecule has 1 atom stereocenters. The van der Waals surface area contributed by atoms with Gasteiger partial charge in [0.05, 0.1) is 12.5 Å². The Balaban J connectivity index is 3.41. The molecule has 0 aliphatic heterocycles. The van der Waals surface area contributed by atoms with Gasteiger partial charge in [0, 0.05) is 12.5 Å². The van der Waals surface area contributed by atoms with Crippen molar-refractivity contribution in [2.75, 3.05) is 25.7 Å². The summed E-state index contributed by atoms with van der Waals surface area (Å²) in [5.41, 5.74) is 0. The topological polar surface area (TPSA) is 35.5 Å². The van der Waals surface area contributed by atoms with Gasteiger partial charge in [-0.05, 0) is 25.7 Å². The van der Waals surface area contributed by atoms with E-state index in [1.165, 1.54) is 0 Å². The van der Waals surface area contributed by atoms with E-state index in [4.69, 9.17) is 21.1 Å². The molecule has 120 valence electrons. The van der Waals surface area contributed by atoms with Gasteiger partial charge < -0.3 is 9.47 Å². The molecular formula is C16H31ClO3.